The molecule has 2 aromatic rings. The normalized spacial score (nSPS) is 10.9. The van der Waals surface area contributed by atoms with E-state index in [0.29, 0.717) is 0 Å². The van der Waals surface area contributed by atoms with Gasteiger partial charge in [0.25, 0.3) is 0 Å². The number of halogens is 1. The summed E-state index contributed by atoms with van der Waals surface area (Å²) < 4.78 is 12.0. The minimum Gasteiger partial charge on any atom is -0.493 e. The Morgan fingerprint density at radius 1 is 0.826 bits per heavy atom. The lowest BCUT2D eigenvalue weighted by Crippen LogP contribution is -2.00. The molecule has 23 heavy (non-hydrogen) atoms. The zero-order valence-electron chi connectivity index (χ0n) is 14.2. The first kappa shape index (κ1) is 18.1. The monoisotopic (exact) mass is 378 g/mol. The van der Waals surface area contributed by atoms with Gasteiger partial charge < -0.3 is 9.47 Å². The molecule has 0 heterocycles. The molecule has 126 valence electrons. The predicted molar refractivity (Wildman–Crippen MR) is 102 cm³/mol. The minimum atomic E-state index is 0.770. The van der Waals surface area contributed by atoms with Gasteiger partial charge in [0.15, 0.2) is 0 Å². The topological polar surface area (TPSA) is 18.5 Å². The van der Waals surface area contributed by atoms with E-state index >= 15 is 0 Å². The summed E-state index contributed by atoms with van der Waals surface area (Å²) in [5.41, 5.74) is 1.24. The van der Waals surface area contributed by atoms with Gasteiger partial charge in [0.05, 0.1) is 13.2 Å². The Labute approximate surface area is 148 Å². The van der Waals surface area contributed by atoms with Crippen molar-refractivity contribution in [3.05, 3.63) is 35.9 Å². The summed E-state index contributed by atoms with van der Waals surface area (Å²) in [6.45, 7) is 5.83. The first-order chi connectivity index (χ1) is 11.3. The van der Waals surface area contributed by atoms with Gasteiger partial charge in [-0.05, 0) is 50.8 Å². The molecule has 2 nitrogen and oxygen atoms in total. The Kier molecular flexibility index (Phi) is 7.73. The maximum absolute atomic E-state index is 6.03. The van der Waals surface area contributed by atoms with E-state index in [-0.39, 0.29) is 0 Å². The second-order valence-electron chi connectivity index (χ2n) is 5.91. The Morgan fingerprint density at radius 3 is 2.22 bits per heavy atom. The van der Waals surface area contributed by atoms with Gasteiger partial charge in [0, 0.05) is 16.1 Å². The van der Waals surface area contributed by atoms with E-state index in [1.807, 2.05) is 12.1 Å². The van der Waals surface area contributed by atoms with Crippen LogP contribution >= 0.6 is 15.9 Å². The standard InChI is InChI=1S/C20H27BrO2/c1-3-4-13-22-19-10-11-20(23-14-7-5-6-12-21)18-15-16(2)8-9-17(18)19/h8-11,15H,3-7,12-14H2,1-2H3. The lowest BCUT2D eigenvalue weighted by Gasteiger charge is -2.14. The molecule has 0 N–H and O–H groups in total. The first-order valence-corrected chi connectivity index (χ1v) is 9.73. The third-order valence-corrected chi connectivity index (χ3v) is 4.44. The minimum absolute atomic E-state index is 0.770. The van der Waals surface area contributed by atoms with E-state index in [1.165, 1.54) is 18.4 Å². The summed E-state index contributed by atoms with van der Waals surface area (Å²) in [7, 11) is 0. The highest BCUT2D eigenvalue weighted by Crippen LogP contribution is 2.34. The largest absolute Gasteiger partial charge is 0.493 e. The molecule has 2 rings (SSSR count). The maximum atomic E-state index is 6.03. The number of ether oxygens (including phenoxy) is 2. The van der Waals surface area contributed by atoms with Crippen molar-refractivity contribution in [3.8, 4) is 11.5 Å². The number of unbranched alkanes of at least 4 members (excludes halogenated alkanes) is 3. The van der Waals surface area contributed by atoms with Gasteiger partial charge in [-0.2, -0.15) is 0 Å². The van der Waals surface area contributed by atoms with E-state index in [2.05, 4.69) is 48.0 Å². The molecule has 0 aliphatic heterocycles. The molecule has 0 atom stereocenters. The molecule has 0 aliphatic carbocycles. The van der Waals surface area contributed by atoms with Crippen molar-refractivity contribution < 1.29 is 9.47 Å². The smallest absolute Gasteiger partial charge is 0.127 e. The summed E-state index contributed by atoms with van der Waals surface area (Å²) in [6, 6.07) is 10.6. The second kappa shape index (κ2) is 9.82. The van der Waals surface area contributed by atoms with Crippen molar-refractivity contribution in [2.24, 2.45) is 0 Å². The Balaban J connectivity index is 2.14. The average Bonchev–Trinajstić information content (AvgIpc) is 2.56. The summed E-state index contributed by atoms with van der Waals surface area (Å²) in [5, 5.41) is 3.36. The fourth-order valence-corrected chi connectivity index (χ4v) is 2.94. The predicted octanol–water partition coefficient (Wildman–Crippen LogP) is 6.27. The Bertz CT molecular complexity index is 610. The van der Waals surface area contributed by atoms with Crippen LogP contribution in [0.3, 0.4) is 0 Å². The van der Waals surface area contributed by atoms with Crippen molar-refractivity contribution in [3.63, 3.8) is 0 Å². The van der Waals surface area contributed by atoms with Gasteiger partial charge in [-0.3, -0.25) is 0 Å². The van der Waals surface area contributed by atoms with Gasteiger partial charge >= 0.3 is 0 Å². The van der Waals surface area contributed by atoms with Crippen LogP contribution in [0.5, 0.6) is 11.5 Å². The highest BCUT2D eigenvalue weighted by molar-refractivity contribution is 9.09. The summed E-state index contributed by atoms with van der Waals surface area (Å²) >= 11 is 3.47. The van der Waals surface area contributed by atoms with Crippen LogP contribution in [-0.2, 0) is 0 Å². The van der Waals surface area contributed by atoms with Crippen molar-refractivity contribution in [2.75, 3.05) is 18.5 Å². The Morgan fingerprint density at radius 2 is 1.52 bits per heavy atom. The van der Waals surface area contributed by atoms with Crippen molar-refractivity contribution in [1.82, 2.24) is 0 Å². The number of rotatable bonds is 10. The number of fused-ring (bicyclic) bond motifs is 1. The quantitative estimate of drug-likeness (QED) is 0.358. The molecule has 0 saturated heterocycles. The molecular weight excluding hydrogens is 352 g/mol. The third-order valence-electron chi connectivity index (χ3n) is 3.88. The molecule has 0 aliphatic rings. The van der Waals surface area contributed by atoms with Gasteiger partial charge in [-0.1, -0.05) is 47.0 Å². The van der Waals surface area contributed by atoms with Crippen LogP contribution in [0.25, 0.3) is 10.8 Å². The fourth-order valence-electron chi connectivity index (χ4n) is 2.54. The molecule has 0 bridgehead atoms. The molecule has 0 unspecified atom stereocenters. The van der Waals surface area contributed by atoms with Crippen molar-refractivity contribution in [2.45, 2.75) is 46.0 Å². The molecule has 0 spiro atoms. The SMILES string of the molecule is CCCCOc1ccc(OCCCCCBr)c2cc(C)ccc12. The van der Waals surface area contributed by atoms with E-state index in [1.54, 1.807) is 0 Å². The van der Waals surface area contributed by atoms with Crippen LogP contribution in [0.4, 0.5) is 0 Å². The van der Waals surface area contributed by atoms with E-state index in [4.69, 9.17) is 9.47 Å². The third kappa shape index (κ3) is 5.42. The van der Waals surface area contributed by atoms with E-state index < -0.39 is 0 Å². The summed E-state index contributed by atoms with van der Waals surface area (Å²) in [6.07, 6.45) is 5.72. The van der Waals surface area contributed by atoms with E-state index in [0.717, 1.165) is 60.1 Å². The molecule has 0 radical (unpaired) electrons. The van der Waals surface area contributed by atoms with Gasteiger partial charge in [0.2, 0.25) is 0 Å². The molecule has 0 amide bonds. The molecule has 0 fully saturated rings. The van der Waals surface area contributed by atoms with Gasteiger partial charge in [-0.15, -0.1) is 0 Å². The molecule has 0 saturated carbocycles. The molecule has 0 aromatic heterocycles. The average molecular weight is 379 g/mol. The van der Waals surface area contributed by atoms with Gasteiger partial charge in [-0.25, -0.2) is 0 Å². The van der Waals surface area contributed by atoms with Crippen LogP contribution < -0.4 is 9.47 Å². The zero-order valence-corrected chi connectivity index (χ0v) is 15.8. The van der Waals surface area contributed by atoms with Gasteiger partial charge in [0.1, 0.15) is 11.5 Å². The van der Waals surface area contributed by atoms with Crippen molar-refractivity contribution in [1.29, 1.82) is 0 Å². The number of aryl methyl sites for hydroxylation is 1. The number of alkyl halides is 1. The number of benzene rings is 2. The molecule has 2 aromatic carbocycles. The van der Waals surface area contributed by atoms with Crippen LogP contribution in [0.1, 0.15) is 44.6 Å². The van der Waals surface area contributed by atoms with E-state index in [9.17, 15) is 0 Å². The van der Waals surface area contributed by atoms with Crippen LogP contribution in [0, 0.1) is 6.92 Å². The maximum Gasteiger partial charge on any atom is 0.127 e. The highest BCUT2D eigenvalue weighted by Gasteiger charge is 2.08. The van der Waals surface area contributed by atoms with Crippen molar-refractivity contribution >= 4 is 26.7 Å². The summed E-state index contributed by atoms with van der Waals surface area (Å²) in [4.78, 5) is 0. The number of hydrogen-bond donors (Lipinski definition) is 0. The fraction of sp³-hybridized carbons (Fsp3) is 0.500. The lowest BCUT2D eigenvalue weighted by atomic mass is 10.1. The number of hydrogen-bond acceptors (Lipinski definition) is 2. The summed E-state index contributed by atoms with van der Waals surface area (Å²) in [5.74, 6) is 1.92. The van der Waals surface area contributed by atoms with Crippen LogP contribution in [0.2, 0.25) is 0 Å². The van der Waals surface area contributed by atoms with Crippen LogP contribution in [0.15, 0.2) is 30.3 Å². The Hall–Kier alpha value is -1.22. The first-order valence-electron chi connectivity index (χ1n) is 8.61. The lowest BCUT2D eigenvalue weighted by molar-refractivity contribution is 0.304. The second-order valence-corrected chi connectivity index (χ2v) is 6.70. The zero-order chi connectivity index (χ0) is 16.5. The van der Waals surface area contributed by atoms with Crippen LogP contribution in [-0.4, -0.2) is 18.5 Å². The molecule has 3 heteroatoms. The molecular formula is C20H27BrO2. The highest BCUT2D eigenvalue weighted by atomic mass is 79.9.